The Hall–Kier alpha value is -3.89. The van der Waals surface area contributed by atoms with Crippen LogP contribution >= 0.6 is 0 Å². The number of alkyl halides is 3. The average molecular weight is 511 g/mol. The van der Waals surface area contributed by atoms with Gasteiger partial charge in [-0.2, -0.15) is 13.2 Å². The van der Waals surface area contributed by atoms with Crippen molar-refractivity contribution in [2.75, 3.05) is 29.9 Å². The maximum atomic E-state index is 13.2. The molecular weight excluding hydrogens is 485 g/mol. The number of halogens is 3. The van der Waals surface area contributed by atoms with E-state index in [9.17, 15) is 28.2 Å². The van der Waals surface area contributed by atoms with E-state index in [4.69, 9.17) is 0 Å². The number of carbonyl (C=O) groups excluding carboxylic acids is 1. The van der Waals surface area contributed by atoms with Crippen molar-refractivity contribution in [3.8, 4) is 5.69 Å². The molecular formula is C27H25F3N4O3. The van der Waals surface area contributed by atoms with Gasteiger partial charge in [0.05, 0.1) is 22.7 Å². The number of aliphatic hydroxyl groups excluding tert-OH is 2. The number of benzene rings is 3. The summed E-state index contributed by atoms with van der Waals surface area (Å²) in [6.07, 6.45) is -3.81. The van der Waals surface area contributed by atoms with Gasteiger partial charge in [-0.05, 0) is 66.9 Å². The van der Waals surface area contributed by atoms with Crippen LogP contribution < -0.4 is 10.2 Å². The number of β-amino-alcohol motifs (C(OH)–C–C–N with tert-alkyl or cyclic N) is 1. The third-order valence-electron chi connectivity index (χ3n) is 6.44. The average Bonchev–Trinajstić information content (AvgIpc) is 3.47. The second kappa shape index (κ2) is 9.87. The van der Waals surface area contributed by atoms with Crippen LogP contribution in [0.15, 0.2) is 66.7 Å². The second-order valence-electron chi connectivity index (χ2n) is 9.01. The number of aromatic nitrogens is 2. The Bertz CT molecular complexity index is 1430. The summed E-state index contributed by atoms with van der Waals surface area (Å²) in [5.41, 5.74) is 2.72. The number of rotatable bonds is 6. The Morgan fingerprint density at radius 1 is 1.05 bits per heavy atom. The molecule has 1 aliphatic heterocycles. The first-order chi connectivity index (χ1) is 17.7. The molecule has 0 saturated carbocycles. The van der Waals surface area contributed by atoms with E-state index < -0.39 is 23.8 Å². The highest BCUT2D eigenvalue weighted by molar-refractivity contribution is 6.04. The highest BCUT2D eigenvalue weighted by atomic mass is 19.4. The number of anilines is 2. The molecule has 1 fully saturated rings. The van der Waals surface area contributed by atoms with Crippen molar-refractivity contribution in [1.29, 1.82) is 0 Å². The van der Waals surface area contributed by atoms with Gasteiger partial charge in [0, 0.05) is 36.6 Å². The first-order valence-electron chi connectivity index (χ1n) is 11.9. The van der Waals surface area contributed by atoms with Gasteiger partial charge in [0.2, 0.25) is 5.95 Å². The summed E-state index contributed by atoms with van der Waals surface area (Å²) in [7, 11) is 0. The Balaban J connectivity index is 1.56. The zero-order chi connectivity index (χ0) is 26.2. The quantitative estimate of drug-likeness (QED) is 0.358. The molecule has 1 aliphatic rings. The molecule has 37 heavy (non-hydrogen) atoms. The van der Waals surface area contributed by atoms with E-state index in [1.54, 1.807) is 4.57 Å². The number of nitrogens with zero attached hydrogens (tertiary/aromatic N) is 3. The highest BCUT2D eigenvalue weighted by Gasteiger charge is 2.31. The molecule has 10 heteroatoms. The fourth-order valence-corrected chi connectivity index (χ4v) is 4.53. The molecule has 1 unspecified atom stereocenters. The molecule has 3 N–H and O–H groups in total. The van der Waals surface area contributed by atoms with E-state index in [0.717, 1.165) is 23.4 Å². The van der Waals surface area contributed by atoms with Gasteiger partial charge in [-0.15, -0.1) is 0 Å². The zero-order valence-electron chi connectivity index (χ0n) is 19.7. The number of imidazole rings is 1. The largest absolute Gasteiger partial charge is 0.416 e. The summed E-state index contributed by atoms with van der Waals surface area (Å²) >= 11 is 0. The molecule has 4 aromatic rings. The van der Waals surface area contributed by atoms with E-state index >= 15 is 0 Å². The third kappa shape index (κ3) is 5.16. The van der Waals surface area contributed by atoms with Crippen molar-refractivity contribution in [2.24, 2.45) is 0 Å². The summed E-state index contributed by atoms with van der Waals surface area (Å²) in [6, 6.07) is 17.2. The zero-order valence-corrected chi connectivity index (χ0v) is 19.7. The maximum Gasteiger partial charge on any atom is 0.416 e. The van der Waals surface area contributed by atoms with Crippen LogP contribution in [0.25, 0.3) is 16.7 Å². The molecule has 3 aromatic carbocycles. The van der Waals surface area contributed by atoms with Crippen molar-refractivity contribution in [3.05, 3.63) is 83.4 Å². The molecule has 0 radical (unpaired) electrons. The molecule has 1 amide bonds. The van der Waals surface area contributed by atoms with Gasteiger partial charge >= 0.3 is 6.18 Å². The van der Waals surface area contributed by atoms with Gasteiger partial charge in [0.15, 0.2) is 0 Å². The lowest BCUT2D eigenvalue weighted by Gasteiger charge is -2.18. The summed E-state index contributed by atoms with van der Waals surface area (Å²) in [4.78, 5) is 19.6. The van der Waals surface area contributed by atoms with E-state index in [-0.39, 0.29) is 18.1 Å². The van der Waals surface area contributed by atoms with Crippen LogP contribution in [0.4, 0.5) is 24.8 Å². The number of fused-ring (bicyclic) bond motifs is 1. The summed E-state index contributed by atoms with van der Waals surface area (Å²) < 4.78 is 41.3. The fraction of sp³-hybridized carbons (Fsp3) is 0.259. The Morgan fingerprint density at radius 2 is 1.81 bits per heavy atom. The normalized spacial score (nSPS) is 15.9. The van der Waals surface area contributed by atoms with Crippen LogP contribution in [0.2, 0.25) is 0 Å². The van der Waals surface area contributed by atoms with Crippen molar-refractivity contribution in [3.63, 3.8) is 0 Å². The molecule has 2 heterocycles. The number of carbonyl (C=O) groups is 1. The smallest absolute Gasteiger partial charge is 0.396 e. The lowest BCUT2D eigenvalue weighted by atomic mass is 10.1. The molecule has 1 atom stereocenters. The Kier molecular flexibility index (Phi) is 6.61. The van der Waals surface area contributed by atoms with E-state index in [0.29, 0.717) is 42.7 Å². The molecule has 1 saturated heterocycles. The number of aliphatic hydroxyl groups is 2. The van der Waals surface area contributed by atoms with Crippen molar-refractivity contribution >= 4 is 28.6 Å². The molecule has 1 aromatic heterocycles. The first-order valence-corrected chi connectivity index (χ1v) is 11.9. The van der Waals surface area contributed by atoms with Crippen LogP contribution in [0.3, 0.4) is 0 Å². The first kappa shape index (κ1) is 24.8. The minimum atomic E-state index is -4.57. The van der Waals surface area contributed by atoms with Crippen molar-refractivity contribution < 1.29 is 28.2 Å². The van der Waals surface area contributed by atoms with E-state index in [2.05, 4.69) is 15.2 Å². The van der Waals surface area contributed by atoms with Crippen LogP contribution in [-0.4, -0.2) is 51.5 Å². The van der Waals surface area contributed by atoms with Crippen LogP contribution in [0, 0.1) is 0 Å². The van der Waals surface area contributed by atoms with Gasteiger partial charge in [-0.1, -0.05) is 18.2 Å². The third-order valence-corrected chi connectivity index (χ3v) is 6.44. The number of hydrogen-bond acceptors (Lipinski definition) is 5. The monoisotopic (exact) mass is 510 g/mol. The summed E-state index contributed by atoms with van der Waals surface area (Å²) in [5, 5.41) is 21.9. The van der Waals surface area contributed by atoms with Gasteiger partial charge in [-0.3, -0.25) is 14.7 Å². The van der Waals surface area contributed by atoms with Gasteiger partial charge < -0.3 is 15.1 Å². The minimum Gasteiger partial charge on any atom is -0.396 e. The molecule has 0 bridgehead atoms. The standard InChI is InChI=1S/C27H25F3N4O3/c28-27(29,30)19-3-1-2-18(14-19)25(37)32-26-31-23-9-8-21(33-12-10-22(36)16-33)15-24(23)34(26)20-6-4-17(5-7-20)11-13-35/h1-9,14-15,22,35-36H,10-13,16H2,(H,31,32,37). The van der Waals surface area contributed by atoms with Crippen molar-refractivity contribution in [2.45, 2.75) is 25.1 Å². The van der Waals surface area contributed by atoms with Gasteiger partial charge in [0.25, 0.3) is 5.91 Å². The maximum absolute atomic E-state index is 13.2. The van der Waals surface area contributed by atoms with Crippen LogP contribution in [0.5, 0.6) is 0 Å². The molecule has 7 nitrogen and oxygen atoms in total. The predicted octanol–water partition coefficient (Wildman–Crippen LogP) is 4.40. The molecule has 0 aliphatic carbocycles. The summed E-state index contributed by atoms with van der Waals surface area (Å²) in [6.45, 7) is 1.22. The van der Waals surface area contributed by atoms with Gasteiger partial charge in [-0.25, -0.2) is 4.98 Å². The number of amides is 1. The minimum absolute atomic E-state index is 0.0106. The second-order valence-corrected chi connectivity index (χ2v) is 9.01. The lowest BCUT2D eigenvalue weighted by Crippen LogP contribution is -2.21. The van der Waals surface area contributed by atoms with Crippen molar-refractivity contribution in [1.82, 2.24) is 9.55 Å². The SMILES string of the molecule is O=C(Nc1nc2ccc(N3CCC(O)C3)cc2n1-c1ccc(CCO)cc1)c1cccc(C(F)(F)F)c1. The fourth-order valence-electron chi connectivity index (χ4n) is 4.53. The van der Waals surface area contributed by atoms with Gasteiger partial charge in [0.1, 0.15) is 0 Å². The highest BCUT2D eigenvalue weighted by Crippen LogP contribution is 2.32. The number of nitrogens with one attached hydrogen (secondary N) is 1. The number of hydrogen-bond donors (Lipinski definition) is 3. The Morgan fingerprint density at radius 3 is 2.49 bits per heavy atom. The lowest BCUT2D eigenvalue weighted by molar-refractivity contribution is -0.137. The topological polar surface area (TPSA) is 90.6 Å². The van der Waals surface area contributed by atoms with E-state index in [1.165, 1.54) is 12.1 Å². The van der Waals surface area contributed by atoms with E-state index in [1.807, 2.05) is 42.5 Å². The molecule has 0 spiro atoms. The molecule has 5 rings (SSSR count). The predicted molar refractivity (Wildman–Crippen MR) is 134 cm³/mol. The Labute approximate surface area is 210 Å². The van der Waals surface area contributed by atoms with Crippen LogP contribution in [-0.2, 0) is 12.6 Å². The van der Waals surface area contributed by atoms with Crippen LogP contribution in [0.1, 0.15) is 27.9 Å². The summed E-state index contributed by atoms with van der Waals surface area (Å²) in [5.74, 6) is -0.562. The molecule has 192 valence electrons.